The van der Waals surface area contributed by atoms with Crippen LogP contribution in [0.4, 0.5) is 0 Å². The van der Waals surface area contributed by atoms with Crippen molar-refractivity contribution in [2.45, 2.75) is 6.92 Å². The van der Waals surface area contributed by atoms with Crippen molar-refractivity contribution in [3.63, 3.8) is 0 Å². The average molecular weight is 418 g/mol. The second kappa shape index (κ2) is 7.89. The lowest BCUT2D eigenvalue weighted by Gasteiger charge is -2.14. The summed E-state index contributed by atoms with van der Waals surface area (Å²) in [5.74, 6) is 0.549. The highest BCUT2D eigenvalue weighted by atomic mass is 16.5. The van der Waals surface area contributed by atoms with E-state index < -0.39 is 0 Å². The van der Waals surface area contributed by atoms with Crippen LogP contribution in [0.3, 0.4) is 0 Å². The van der Waals surface area contributed by atoms with Crippen LogP contribution in [-0.2, 0) is 0 Å². The second-order valence-electron chi connectivity index (χ2n) is 7.34. The lowest BCUT2D eigenvalue weighted by atomic mass is 10.2. The van der Waals surface area contributed by atoms with Crippen LogP contribution in [0.1, 0.15) is 11.1 Å². The van der Waals surface area contributed by atoms with Gasteiger partial charge < -0.3 is 9.30 Å². The van der Waals surface area contributed by atoms with E-state index in [2.05, 4.69) is 11.1 Å². The molecule has 2 heterocycles. The fourth-order valence-electron chi connectivity index (χ4n) is 3.61. The molecular weight excluding hydrogens is 400 g/mol. The third-order valence-electron chi connectivity index (χ3n) is 5.18. The number of aryl methyl sites for hydroxylation is 1. The maximum Gasteiger partial charge on any atom is 0.310 e. The Labute approximate surface area is 184 Å². The maximum absolute atomic E-state index is 13.8. The molecule has 0 saturated heterocycles. The summed E-state index contributed by atoms with van der Waals surface area (Å²) in [5, 5.41) is 9.73. The minimum atomic E-state index is -0.325. The van der Waals surface area contributed by atoms with Crippen LogP contribution in [0.25, 0.3) is 22.4 Å². The summed E-state index contributed by atoms with van der Waals surface area (Å²) in [6.45, 7) is 1.99. The predicted molar refractivity (Wildman–Crippen MR) is 123 cm³/mol. The Bertz CT molecular complexity index is 1510. The molecule has 6 heteroatoms. The molecule has 32 heavy (non-hydrogen) atoms. The van der Waals surface area contributed by atoms with Crippen LogP contribution in [0.5, 0.6) is 11.8 Å². The summed E-state index contributed by atoms with van der Waals surface area (Å²) >= 11 is 0. The summed E-state index contributed by atoms with van der Waals surface area (Å²) in [4.78, 5) is 18.5. The number of para-hydroxylation sites is 2. The first-order chi connectivity index (χ1) is 15.7. The Morgan fingerprint density at radius 1 is 0.875 bits per heavy atom. The zero-order valence-electron chi connectivity index (χ0n) is 17.3. The molecule has 0 N–H and O–H groups in total. The number of benzene rings is 3. The minimum absolute atomic E-state index is 0.0971. The predicted octanol–water partition coefficient (Wildman–Crippen LogP) is 5.15. The molecule has 0 saturated carbocycles. The van der Waals surface area contributed by atoms with Crippen molar-refractivity contribution in [1.29, 1.82) is 5.26 Å². The highest BCUT2D eigenvalue weighted by Crippen LogP contribution is 2.27. The molecule has 0 bridgehead atoms. The third kappa shape index (κ3) is 3.32. The maximum atomic E-state index is 13.8. The standard InChI is InChI=1S/C26H18N4O2/c1-18-12-14-22(15-13-18)32-26-28-23-19(16-27)17-29(20-8-4-2-5-9-20)24(23)25(31)30(26)21-10-6-3-7-11-21/h2-15,17H,1H3. The quantitative estimate of drug-likeness (QED) is 0.405. The van der Waals surface area contributed by atoms with Crippen LogP contribution < -0.4 is 10.3 Å². The van der Waals surface area contributed by atoms with Crippen molar-refractivity contribution in [2.75, 3.05) is 0 Å². The van der Waals surface area contributed by atoms with Crippen molar-refractivity contribution in [3.05, 3.63) is 113 Å². The van der Waals surface area contributed by atoms with Crippen molar-refractivity contribution >= 4 is 11.0 Å². The highest BCUT2D eigenvalue weighted by molar-refractivity contribution is 5.84. The summed E-state index contributed by atoms with van der Waals surface area (Å²) < 4.78 is 9.20. The van der Waals surface area contributed by atoms with Crippen LogP contribution in [-0.4, -0.2) is 14.1 Å². The molecule has 5 rings (SSSR count). The van der Waals surface area contributed by atoms with Gasteiger partial charge in [0.1, 0.15) is 22.9 Å². The number of hydrogen-bond donors (Lipinski definition) is 0. The lowest BCUT2D eigenvalue weighted by molar-refractivity contribution is 0.427. The average Bonchev–Trinajstić information content (AvgIpc) is 3.21. The molecule has 0 radical (unpaired) electrons. The van der Waals surface area contributed by atoms with E-state index >= 15 is 0 Å². The van der Waals surface area contributed by atoms with E-state index in [4.69, 9.17) is 4.74 Å². The fourth-order valence-corrected chi connectivity index (χ4v) is 3.61. The molecule has 3 aromatic carbocycles. The summed E-state index contributed by atoms with van der Waals surface area (Å²) in [6, 6.07) is 28.4. The van der Waals surface area contributed by atoms with E-state index in [1.54, 1.807) is 10.8 Å². The molecule has 2 aromatic heterocycles. The van der Waals surface area contributed by atoms with Gasteiger partial charge in [-0.25, -0.2) is 4.57 Å². The van der Waals surface area contributed by atoms with E-state index in [-0.39, 0.29) is 11.6 Å². The van der Waals surface area contributed by atoms with Crippen molar-refractivity contribution < 1.29 is 4.74 Å². The van der Waals surface area contributed by atoms with Gasteiger partial charge in [0.15, 0.2) is 0 Å². The Hall–Kier alpha value is -4.63. The molecule has 0 spiro atoms. The number of ether oxygens (including phenoxy) is 1. The van der Waals surface area contributed by atoms with Gasteiger partial charge in [-0.3, -0.25) is 4.79 Å². The van der Waals surface area contributed by atoms with E-state index in [1.807, 2.05) is 91.9 Å². The fraction of sp³-hybridized carbons (Fsp3) is 0.0385. The molecule has 6 nitrogen and oxygen atoms in total. The van der Waals surface area contributed by atoms with Crippen LogP contribution in [0, 0.1) is 18.3 Å². The third-order valence-corrected chi connectivity index (χ3v) is 5.18. The van der Waals surface area contributed by atoms with Gasteiger partial charge in [-0.1, -0.05) is 54.1 Å². The number of aromatic nitrogens is 3. The van der Waals surface area contributed by atoms with E-state index in [1.165, 1.54) is 4.57 Å². The first kappa shape index (κ1) is 19.3. The first-order valence-electron chi connectivity index (χ1n) is 10.1. The van der Waals surface area contributed by atoms with E-state index in [0.29, 0.717) is 28.0 Å². The van der Waals surface area contributed by atoms with Gasteiger partial charge in [0.05, 0.1) is 11.3 Å². The number of nitrogens with zero attached hydrogens (tertiary/aromatic N) is 4. The van der Waals surface area contributed by atoms with Gasteiger partial charge >= 0.3 is 6.01 Å². The smallest absolute Gasteiger partial charge is 0.310 e. The molecule has 5 aromatic rings. The molecule has 0 fully saturated rings. The summed E-state index contributed by atoms with van der Waals surface area (Å²) in [6.07, 6.45) is 1.64. The number of nitriles is 1. The normalized spacial score (nSPS) is 10.8. The van der Waals surface area contributed by atoms with Crippen molar-refractivity contribution in [2.24, 2.45) is 0 Å². The largest absolute Gasteiger partial charge is 0.425 e. The van der Waals surface area contributed by atoms with E-state index in [0.717, 1.165) is 11.3 Å². The van der Waals surface area contributed by atoms with Gasteiger partial charge in [0.2, 0.25) is 0 Å². The van der Waals surface area contributed by atoms with E-state index in [9.17, 15) is 10.1 Å². The molecule has 0 aliphatic rings. The molecule has 0 aliphatic carbocycles. The van der Waals surface area contributed by atoms with Crippen molar-refractivity contribution in [3.8, 4) is 29.2 Å². The summed E-state index contributed by atoms with van der Waals surface area (Å²) in [5.41, 5.74) is 3.07. The Morgan fingerprint density at radius 3 is 2.12 bits per heavy atom. The highest BCUT2D eigenvalue weighted by Gasteiger charge is 2.21. The molecule has 0 atom stereocenters. The number of rotatable bonds is 4. The molecular formula is C26H18N4O2. The van der Waals surface area contributed by atoms with Gasteiger partial charge in [-0.2, -0.15) is 10.2 Å². The number of fused-ring (bicyclic) bond motifs is 1. The topological polar surface area (TPSA) is 72.8 Å². The molecule has 0 aliphatic heterocycles. The van der Waals surface area contributed by atoms with Crippen LogP contribution in [0.15, 0.2) is 95.9 Å². The molecule has 0 amide bonds. The van der Waals surface area contributed by atoms with Crippen LogP contribution >= 0.6 is 0 Å². The SMILES string of the molecule is Cc1ccc(Oc2nc3c(C#N)cn(-c4ccccc4)c3c(=O)n2-c2ccccc2)cc1. The first-order valence-corrected chi connectivity index (χ1v) is 10.1. The van der Waals surface area contributed by atoms with Gasteiger partial charge in [-0.05, 0) is 43.3 Å². The van der Waals surface area contributed by atoms with Crippen molar-refractivity contribution in [1.82, 2.24) is 14.1 Å². The Morgan fingerprint density at radius 2 is 1.50 bits per heavy atom. The second-order valence-corrected chi connectivity index (χ2v) is 7.34. The van der Waals surface area contributed by atoms with Gasteiger partial charge in [0, 0.05) is 11.9 Å². The van der Waals surface area contributed by atoms with Gasteiger partial charge in [0.25, 0.3) is 5.56 Å². The van der Waals surface area contributed by atoms with Crippen LogP contribution in [0.2, 0.25) is 0 Å². The molecule has 154 valence electrons. The van der Waals surface area contributed by atoms with Gasteiger partial charge in [-0.15, -0.1) is 0 Å². The zero-order chi connectivity index (χ0) is 22.1. The number of hydrogen-bond acceptors (Lipinski definition) is 4. The Balaban J connectivity index is 1.82. The molecule has 0 unspecified atom stereocenters. The monoisotopic (exact) mass is 418 g/mol. The minimum Gasteiger partial charge on any atom is -0.425 e. The summed E-state index contributed by atoms with van der Waals surface area (Å²) in [7, 11) is 0. The zero-order valence-corrected chi connectivity index (χ0v) is 17.3. The Kier molecular flexibility index (Phi) is 4.77. The lowest BCUT2D eigenvalue weighted by Crippen LogP contribution is -2.23.